The summed E-state index contributed by atoms with van der Waals surface area (Å²) in [5.41, 5.74) is -0.241. The lowest BCUT2D eigenvalue weighted by Crippen LogP contribution is -2.57. The van der Waals surface area contributed by atoms with Crippen LogP contribution in [0.2, 0.25) is 0 Å². The van der Waals surface area contributed by atoms with Gasteiger partial charge in [0, 0.05) is 6.42 Å². The zero-order valence-corrected chi connectivity index (χ0v) is 19.4. The number of aliphatic carboxylic acids is 3. The molecule has 0 radical (unpaired) electrons. The monoisotopic (exact) mass is 495 g/mol. The normalized spacial score (nSPS) is 13.5. The third-order valence-electron chi connectivity index (χ3n) is 4.30. The molecule has 3 amide bonds. The van der Waals surface area contributed by atoms with E-state index < -0.39 is 72.4 Å². The van der Waals surface area contributed by atoms with E-state index in [1.54, 1.807) is 51.1 Å². The lowest BCUT2D eigenvalue weighted by molar-refractivity contribution is -0.148. The third-order valence-corrected chi connectivity index (χ3v) is 4.30. The van der Waals surface area contributed by atoms with E-state index in [1.165, 1.54) is 0 Å². The van der Waals surface area contributed by atoms with Gasteiger partial charge in [-0.3, -0.25) is 19.2 Å². The van der Waals surface area contributed by atoms with Crippen molar-refractivity contribution in [2.45, 2.75) is 63.8 Å². The number of carboxylic acids is 3. The first-order chi connectivity index (χ1) is 16.2. The molecule has 192 valence electrons. The van der Waals surface area contributed by atoms with E-state index in [0.717, 1.165) is 0 Å². The summed E-state index contributed by atoms with van der Waals surface area (Å²) in [6.07, 6.45) is -2.86. The number of carboxylic acid groups (broad SMARTS) is 3. The standard InChI is InChI=1S/C22H29N3O10/c1-22(2,3)35-21(34)25-13(9-12-7-5-4-6-8-12)18(30)23-14(10-16(26)27)19(31)24-15(20(32)33)11-17(28)29/h4-8,13-15H,9-11H2,1-3H3,(H,23,30)(H,24,31)(H,25,34)(H,26,27)(H,28,29)(H,32,33)/t13-,14-,15-/m0/s1. The summed E-state index contributed by atoms with van der Waals surface area (Å²) in [6, 6.07) is 3.61. The summed E-state index contributed by atoms with van der Waals surface area (Å²) in [5, 5.41) is 33.6. The number of nitrogens with one attached hydrogen (secondary N) is 3. The first kappa shape index (κ1) is 28.9. The molecule has 0 heterocycles. The summed E-state index contributed by atoms with van der Waals surface area (Å²) >= 11 is 0. The highest BCUT2D eigenvalue weighted by molar-refractivity contribution is 5.95. The quantitative estimate of drug-likeness (QED) is 0.231. The number of ether oxygens (including phenoxy) is 1. The highest BCUT2D eigenvalue weighted by Crippen LogP contribution is 2.09. The van der Waals surface area contributed by atoms with Gasteiger partial charge in [0.25, 0.3) is 0 Å². The molecule has 0 saturated carbocycles. The van der Waals surface area contributed by atoms with E-state index in [2.05, 4.69) is 10.6 Å². The fraction of sp³-hybridized carbons (Fsp3) is 0.455. The van der Waals surface area contributed by atoms with Crippen LogP contribution in [0.5, 0.6) is 0 Å². The first-order valence-electron chi connectivity index (χ1n) is 10.5. The molecule has 6 N–H and O–H groups in total. The largest absolute Gasteiger partial charge is 0.481 e. The number of amides is 3. The molecule has 0 aliphatic rings. The predicted molar refractivity (Wildman–Crippen MR) is 119 cm³/mol. The molecule has 1 rings (SSSR count). The van der Waals surface area contributed by atoms with Crippen molar-refractivity contribution in [3.8, 4) is 0 Å². The van der Waals surface area contributed by atoms with Crippen LogP contribution in [-0.4, -0.2) is 74.9 Å². The molecule has 0 unspecified atom stereocenters. The van der Waals surface area contributed by atoms with Gasteiger partial charge in [0.05, 0.1) is 12.8 Å². The maximum Gasteiger partial charge on any atom is 0.408 e. The van der Waals surface area contributed by atoms with Crippen LogP contribution in [0.15, 0.2) is 30.3 Å². The lowest BCUT2D eigenvalue weighted by atomic mass is 10.0. The highest BCUT2D eigenvalue weighted by atomic mass is 16.6. The fourth-order valence-electron chi connectivity index (χ4n) is 2.81. The van der Waals surface area contributed by atoms with Crippen LogP contribution in [-0.2, 0) is 35.1 Å². The van der Waals surface area contributed by atoms with E-state index >= 15 is 0 Å². The summed E-state index contributed by atoms with van der Waals surface area (Å²) in [5.74, 6) is -6.82. The minimum absolute atomic E-state index is 0.0376. The molecule has 0 aliphatic heterocycles. The van der Waals surface area contributed by atoms with Gasteiger partial charge in [0.2, 0.25) is 11.8 Å². The molecule has 0 saturated heterocycles. The van der Waals surface area contributed by atoms with Crippen molar-refractivity contribution in [1.29, 1.82) is 0 Å². The van der Waals surface area contributed by atoms with Crippen molar-refractivity contribution in [2.24, 2.45) is 0 Å². The molecule has 0 spiro atoms. The van der Waals surface area contributed by atoms with Crippen LogP contribution in [0.3, 0.4) is 0 Å². The van der Waals surface area contributed by atoms with Gasteiger partial charge in [-0.25, -0.2) is 9.59 Å². The number of carbonyl (C=O) groups excluding carboxylic acids is 3. The van der Waals surface area contributed by atoms with Gasteiger partial charge in [0.1, 0.15) is 23.7 Å². The molecule has 3 atom stereocenters. The van der Waals surface area contributed by atoms with E-state index in [0.29, 0.717) is 5.56 Å². The molecule has 35 heavy (non-hydrogen) atoms. The van der Waals surface area contributed by atoms with E-state index in [-0.39, 0.29) is 6.42 Å². The van der Waals surface area contributed by atoms with Gasteiger partial charge < -0.3 is 36.0 Å². The van der Waals surface area contributed by atoms with Crippen LogP contribution in [0.1, 0.15) is 39.2 Å². The molecule has 1 aromatic rings. The molecule has 0 fully saturated rings. The zero-order valence-electron chi connectivity index (χ0n) is 19.4. The van der Waals surface area contributed by atoms with E-state index in [1.807, 2.05) is 5.32 Å². The van der Waals surface area contributed by atoms with Crippen molar-refractivity contribution >= 4 is 35.8 Å². The number of rotatable bonds is 12. The van der Waals surface area contributed by atoms with Crippen LogP contribution < -0.4 is 16.0 Å². The number of hydrogen-bond acceptors (Lipinski definition) is 7. The Labute approximate surface area is 200 Å². The molecule has 1 aromatic carbocycles. The minimum atomic E-state index is -1.85. The summed E-state index contributed by atoms with van der Waals surface area (Å²) in [7, 11) is 0. The Morgan fingerprint density at radius 3 is 1.74 bits per heavy atom. The van der Waals surface area contributed by atoms with Crippen LogP contribution >= 0.6 is 0 Å². The molecule has 13 heteroatoms. The van der Waals surface area contributed by atoms with Gasteiger partial charge in [0.15, 0.2) is 0 Å². The SMILES string of the molecule is CC(C)(C)OC(=O)N[C@@H](Cc1ccccc1)C(=O)N[C@@H](CC(=O)O)C(=O)N[C@@H](CC(=O)O)C(=O)O. The fourth-order valence-corrected chi connectivity index (χ4v) is 2.81. The second-order valence-corrected chi connectivity index (χ2v) is 8.54. The molecule has 0 aliphatic carbocycles. The average molecular weight is 495 g/mol. The van der Waals surface area contributed by atoms with E-state index in [9.17, 15) is 28.8 Å². The van der Waals surface area contributed by atoms with Crippen molar-refractivity contribution in [2.75, 3.05) is 0 Å². The van der Waals surface area contributed by atoms with Crippen LogP contribution in [0, 0.1) is 0 Å². The Kier molecular flexibility index (Phi) is 10.7. The Morgan fingerprint density at radius 1 is 0.771 bits per heavy atom. The Hall–Kier alpha value is -4.16. The van der Waals surface area contributed by atoms with Gasteiger partial charge >= 0.3 is 24.0 Å². The van der Waals surface area contributed by atoms with Crippen molar-refractivity contribution in [3.63, 3.8) is 0 Å². The van der Waals surface area contributed by atoms with Crippen LogP contribution in [0.4, 0.5) is 4.79 Å². The molecular weight excluding hydrogens is 466 g/mol. The maximum absolute atomic E-state index is 13.0. The smallest absolute Gasteiger partial charge is 0.408 e. The van der Waals surface area contributed by atoms with E-state index in [4.69, 9.17) is 20.1 Å². The lowest BCUT2D eigenvalue weighted by Gasteiger charge is -2.25. The molecule has 13 nitrogen and oxygen atoms in total. The number of carbonyl (C=O) groups is 6. The Morgan fingerprint density at radius 2 is 1.26 bits per heavy atom. The van der Waals surface area contributed by atoms with Gasteiger partial charge in [-0.15, -0.1) is 0 Å². The zero-order chi connectivity index (χ0) is 26.8. The number of benzene rings is 1. The first-order valence-corrected chi connectivity index (χ1v) is 10.5. The Bertz CT molecular complexity index is 943. The van der Waals surface area contributed by atoms with Crippen LogP contribution in [0.25, 0.3) is 0 Å². The highest BCUT2D eigenvalue weighted by Gasteiger charge is 2.32. The molecular formula is C22H29N3O10. The third kappa shape index (κ3) is 11.5. The predicted octanol–water partition coefficient (Wildman–Crippen LogP) is 0.126. The molecule has 0 bridgehead atoms. The van der Waals surface area contributed by atoms with Gasteiger partial charge in [-0.1, -0.05) is 30.3 Å². The number of alkyl carbamates (subject to hydrolysis) is 1. The summed E-state index contributed by atoms with van der Waals surface area (Å²) in [4.78, 5) is 71.2. The summed E-state index contributed by atoms with van der Waals surface area (Å²) < 4.78 is 5.16. The van der Waals surface area contributed by atoms with Crippen molar-refractivity contribution in [1.82, 2.24) is 16.0 Å². The second-order valence-electron chi connectivity index (χ2n) is 8.54. The van der Waals surface area contributed by atoms with Gasteiger partial charge in [-0.2, -0.15) is 0 Å². The van der Waals surface area contributed by atoms with Crippen molar-refractivity contribution < 1.29 is 48.8 Å². The minimum Gasteiger partial charge on any atom is -0.481 e. The van der Waals surface area contributed by atoms with Gasteiger partial charge in [-0.05, 0) is 26.3 Å². The second kappa shape index (κ2) is 12.9. The summed E-state index contributed by atoms with van der Waals surface area (Å²) in [6.45, 7) is 4.84. The average Bonchev–Trinajstić information content (AvgIpc) is 2.70. The number of hydrogen-bond donors (Lipinski definition) is 6. The maximum atomic E-state index is 13.0. The Balaban J connectivity index is 3.10. The van der Waals surface area contributed by atoms with Crippen molar-refractivity contribution in [3.05, 3.63) is 35.9 Å². The topological polar surface area (TPSA) is 208 Å². The molecule has 0 aromatic heterocycles.